The monoisotopic (exact) mass is 282 g/mol. The van der Waals surface area contributed by atoms with Crippen LogP contribution >= 0.6 is 12.4 Å². The van der Waals surface area contributed by atoms with Gasteiger partial charge in [0.1, 0.15) is 0 Å². The minimum atomic E-state index is -0.110. The second-order valence-corrected chi connectivity index (χ2v) is 5.70. The van der Waals surface area contributed by atoms with Crippen molar-refractivity contribution in [3.05, 3.63) is 29.3 Å². The van der Waals surface area contributed by atoms with E-state index in [4.69, 9.17) is 0 Å². The lowest BCUT2D eigenvalue weighted by molar-refractivity contribution is 0.0321. The SMILES string of the molecule is CC1CN(Cc2cccc3c2NCC3)CCC1O.Cl. The Balaban J connectivity index is 0.00000133. The molecule has 3 nitrogen and oxygen atoms in total. The number of anilines is 1. The molecule has 1 saturated heterocycles. The number of aliphatic hydroxyl groups excluding tert-OH is 1. The summed E-state index contributed by atoms with van der Waals surface area (Å²) < 4.78 is 0. The van der Waals surface area contributed by atoms with Crippen LogP contribution in [0.15, 0.2) is 18.2 Å². The second-order valence-electron chi connectivity index (χ2n) is 5.70. The Morgan fingerprint density at radius 1 is 1.42 bits per heavy atom. The van der Waals surface area contributed by atoms with Crippen molar-refractivity contribution in [2.75, 3.05) is 25.0 Å². The summed E-state index contributed by atoms with van der Waals surface area (Å²) >= 11 is 0. The maximum atomic E-state index is 9.78. The summed E-state index contributed by atoms with van der Waals surface area (Å²) in [5.41, 5.74) is 4.22. The van der Waals surface area contributed by atoms with E-state index >= 15 is 0 Å². The van der Waals surface area contributed by atoms with Crippen molar-refractivity contribution >= 4 is 18.1 Å². The number of nitrogens with one attached hydrogen (secondary N) is 1. The maximum Gasteiger partial charge on any atom is 0.0590 e. The number of para-hydroxylation sites is 1. The smallest absolute Gasteiger partial charge is 0.0590 e. The average molecular weight is 283 g/mol. The van der Waals surface area contributed by atoms with Gasteiger partial charge in [-0.05, 0) is 29.9 Å². The number of hydrogen-bond acceptors (Lipinski definition) is 3. The molecule has 19 heavy (non-hydrogen) atoms. The quantitative estimate of drug-likeness (QED) is 0.874. The standard InChI is InChI=1S/C15H22N2O.ClH/c1-11-9-17(8-6-14(11)18)10-13-4-2-3-12-5-7-16-15(12)13;/h2-4,11,14,16,18H,5-10H2,1H3;1H. The third kappa shape index (κ3) is 3.04. The van der Waals surface area contributed by atoms with Gasteiger partial charge in [-0.1, -0.05) is 25.1 Å². The van der Waals surface area contributed by atoms with Crippen LogP contribution in [-0.4, -0.2) is 35.7 Å². The lowest BCUT2D eigenvalue weighted by atomic mass is 9.96. The van der Waals surface area contributed by atoms with Crippen LogP contribution in [0.4, 0.5) is 5.69 Å². The number of hydrogen-bond donors (Lipinski definition) is 2. The number of rotatable bonds is 2. The zero-order valence-corrected chi connectivity index (χ0v) is 12.2. The second kappa shape index (κ2) is 6.12. The van der Waals surface area contributed by atoms with Crippen molar-refractivity contribution < 1.29 is 5.11 Å². The first-order chi connectivity index (χ1) is 8.74. The number of aliphatic hydroxyl groups is 1. The van der Waals surface area contributed by atoms with E-state index in [2.05, 4.69) is 35.3 Å². The van der Waals surface area contributed by atoms with Crippen molar-refractivity contribution in [3.8, 4) is 0 Å². The Morgan fingerprint density at radius 3 is 3.05 bits per heavy atom. The minimum Gasteiger partial charge on any atom is -0.393 e. The van der Waals surface area contributed by atoms with Crippen molar-refractivity contribution in [1.82, 2.24) is 4.90 Å². The normalized spacial score (nSPS) is 26.4. The number of halogens is 1. The van der Waals surface area contributed by atoms with E-state index in [0.717, 1.165) is 39.0 Å². The third-order valence-electron chi connectivity index (χ3n) is 4.27. The van der Waals surface area contributed by atoms with Crippen molar-refractivity contribution in [2.45, 2.75) is 32.4 Å². The Morgan fingerprint density at radius 2 is 2.26 bits per heavy atom. The van der Waals surface area contributed by atoms with Gasteiger partial charge in [0.15, 0.2) is 0 Å². The third-order valence-corrected chi connectivity index (χ3v) is 4.27. The van der Waals surface area contributed by atoms with Gasteiger partial charge in [-0.15, -0.1) is 12.4 Å². The highest BCUT2D eigenvalue weighted by Gasteiger charge is 2.25. The summed E-state index contributed by atoms with van der Waals surface area (Å²) in [6.45, 7) is 6.24. The molecule has 0 saturated carbocycles. The molecule has 2 atom stereocenters. The Labute approximate surface area is 121 Å². The van der Waals surface area contributed by atoms with E-state index in [0.29, 0.717) is 5.92 Å². The van der Waals surface area contributed by atoms with Gasteiger partial charge in [0.05, 0.1) is 6.10 Å². The number of nitrogens with zero attached hydrogens (tertiary/aromatic N) is 1. The molecule has 0 aromatic heterocycles. The van der Waals surface area contributed by atoms with Crippen LogP contribution in [-0.2, 0) is 13.0 Å². The minimum absolute atomic E-state index is 0. The van der Waals surface area contributed by atoms with Gasteiger partial charge in [-0.2, -0.15) is 0 Å². The van der Waals surface area contributed by atoms with Crippen LogP contribution in [0.5, 0.6) is 0 Å². The average Bonchev–Trinajstić information content (AvgIpc) is 2.83. The van der Waals surface area contributed by atoms with E-state index in [-0.39, 0.29) is 18.5 Å². The van der Waals surface area contributed by atoms with E-state index < -0.39 is 0 Å². The molecule has 2 heterocycles. The molecule has 0 bridgehead atoms. The van der Waals surface area contributed by atoms with Crippen molar-refractivity contribution in [1.29, 1.82) is 0 Å². The summed E-state index contributed by atoms with van der Waals surface area (Å²) in [6.07, 6.45) is 1.95. The molecule has 2 unspecified atom stereocenters. The largest absolute Gasteiger partial charge is 0.393 e. The predicted octanol–water partition coefficient (Wildman–Crippen LogP) is 2.28. The van der Waals surface area contributed by atoms with Gasteiger partial charge in [0.25, 0.3) is 0 Å². The van der Waals surface area contributed by atoms with Gasteiger partial charge in [0, 0.05) is 31.9 Å². The molecular weight excluding hydrogens is 260 g/mol. The first-order valence-electron chi connectivity index (χ1n) is 6.99. The molecule has 3 rings (SSSR count). The van der Waals surface area contributed by atoms with E-state index in [9.17, 15) is 5.11 Å². The number of likely N-dealkylation sites (tertiary alicyclic amines) is 1. The Hall–Kier alpha value is -0.770. The topological polar surface area (TPSA) is 35.5 Å². The van der Waals surface area contributed by atoms with Gasteiger partial charge in [-0.25, -0.2) is 0 Å². The van der Waals surface area contributed by atoms with Crippen molar-refractivity contribution in [3.63, 3.8) is 0 Å². The molecule has 4 heteroatoms. The molecule has 1 aromatic rings. The summed E-state index contributed by atoms with van der Waals surface area (Å²) in [5, 5.41) is 13.3. The highest BCUT2D eigenvalue weighted by molar-refractivity contribution is 5.85. The molecule has 106 valence electrons. The molecule has 0 amide bonds. The van der Waals surface area contributed by atoms with Crippen LogP contribution < -0.4 is 5.32 Å². The van der Waals surface area contributed by atoms with E-state index in [1.165, 1.54) is 16.8 Å². The Kier molecular flexibility index (Phi) is 4.71. The zero-order chi connectivity index (χ0) is 12.5. The van der Waals surface area contributed by atoms with Gasteiger partial charge in [0.2, 0.25) is 0 Å². The number of piperidine rings is 1. The maximum absolute atomic E-state index is 9.78. The molecule has 0 spiro atoms. The van der Waals surface area contributed by atoms with Crippen LogP contribution in [0.1, 0.15) is 24.5 Å². The highest BCUT2D eigenvalue weighted by Crippen LogP contribution is 2.28. The summed E-state index contributed by atoms with van der Waals surface area (Å²) in [5.74, 6) is 0.392. The van der Waals surface area contributed by atoms with Gasteiger partial charge in [-0.3, -0.25) is 4.90 Å². The lowest BCUT2D eigenvalue weighted by Gasteiger charge is -2.34. The number of fused-ring (bicyclic) bond motifs is 1. The van der Waals surface area contributed by atoms with Crippen LogP contribution in [0.2, 0.25) is 0 Å². The fourth-order valence-electron chi connectivity index (χ4n) is 3.15. The van der Waals surface area contributed by atoms with Crippen LogP contribution in [0.25, 0.3) is 0 Å². The first-order valence-corrected chi connectivity index (χ1v) is 6.99. The molecule has 2 N–H and O–H groups in total. The summed E-state index contributed by atoms with van der Waals surface area (Å²) in [7, 11) is 0. The molecule has 1 fully saturated rings. The van der Waals surface area contributed by atoms with Crippen molar-refractivity contribution in [2.24, 2.45) is 5.92 Å². The van der Waals surface area contributed by atoms with Crippen LogP contribution in [0.3, 0.4) is 0 Å². The molecular formula is C15H23ClN2O. The number of benzene rings is 1. The fraction of sp³-hybridized carbons (Fsp3) is 0.600. The molecule has 2 aliphatic rings. The fourth-order valence-corrected chi connectivity index (χ4v) is 3.15. The first kappa shape index (κ1) is 14.6. The van der Waals surface area contributed by atoms with Crippen LogP contribution in [0, 0.1) is 5.92 Å². The molecule has 2 aliphatic heterocycles. The zero-order valence-electron chi connectivity index (χ0n) is 11.4. The molecule has 0 radical (unpaired) electrons. The summed E-state index contributed by atoms with van der Waals surface area (Å²) in [6, 6.07) is 6.62. The predicted molar refractivity (Wildman–Crippen MR) is 80.9 cm³/mol. The molecule has 1 aromatic carbocycles. The van der Waals surface area contributed by atoms with Gasteiger partial charge < -0.3 is 10.4 Å². The molecule has 0 aliphatic carbocycles. The highest BCUT2D eigenvalue weighted by atomic mass is 35.5. The van der Waals surface area contributed by atoms with Gasteiger partial charge >= 0.3 is 0 Å². The lowest BCUT2D eigenvalue weighted by Crippen LogP contribution is -2.41. The Bertz CT molecular complexity index is 438. The van der Waals surface area contributed by atoms with E-state index in [1.54, 1.807) is 0 Å². The van der Waals surface area contributed by atoms with E-state index in [1.807, 2.05) is 0 Å². The summed E-state index contributed by atoms with van der Waals surface area (Å²) in [4.78, 5) is 2.47.